The van der Waals surface area contributed by atoms with E-state index in [0.717, 1.165) is 0 Å². The van der Waals surface area contributed by atoms with Crippen molar-refractivity contribution in [3.63, 3.8) is 0 Å². The fraction of sp³-hybridized carbons (Fsp3) is 0.550. The van der Waals surface area contributed by atoms with E-state index in [0.29, 0.717) is 11.4 Å². The second-order valence-electron chi connectivity index (χ2n) is 7.79. The van der Waals surface area contributed by atoms with Crippen molar-refractivity contribution in [1.29, 1.82) is 0 Å². The molecule has 0 aromatic carbocycles. The van der Waals surface area contributed by atoms with Gasteiger partial charge in [-0.15, -0.1) is 0 Å². The smallest absolute Gasteiger partial charge is 0.326 e. The molecule has 0 spiro atoms. The molecule has 36 heavy (non-hydrogen) atoms. The Morgan fingerprint density at radius 3 is 2.14 bits per heavy atom. The number of carbonyl (C=O) groups is 6. The van der Waals surface area contributed by atoms with Crippen LogP contribution in [0.15, 0.2) is 12.5 Å². The molecule has 4 amide bonds. The number of rotatable bonds is 17. The van der Waals surface area contributed by atoms with Crippen LogP contribution in [0, 0.1) is 0 Å². The van der Waals surface area contributed by atoms with E-state index in [9.17, 15) is 33.9 Å². The molecular weight excluding hydrogens is 498 g/mol. The van der Waals surface area contributed by atoms with Crippen molar-refractivity contribution in [2.75, 3.05) is 12.0 Å². The summed E-state index contributed by atoms with van der Waals surface area (Å²) in [5, 5.41) is 25.3. The van der Waals surface area contributed by atoms with E-state index in [1.54, 1.807) is 6.26 Å². The Bertz CT molecular complexity index is 927. The monoisotopic (exact) mass is 529 g/mol. The fourth-order valence-electron chi connectivity index (χ4n) is 2.96. The number of nitrogens with one attached hydrogen (secondary N) is 4. The summed E-state index contributed by atoms with van der Waals surface area (Å²) in [6, 6.07) is -5.27. The summed E-state index contributed by atoms with van der Waals surface area (Å²) in [7, 11) is 0. The number of aliphatic carboxylic acids is 2. The second-order valence-corrected chi connectivity index (χ2v) is 8.78. The maximum Gasteiger partial charge on any atom is 0.326 e. The molecule has 1 aromatic rings. The summed E-state index contributed by atoms with van der Waals surface area (Å²) in [4.78, 5) is 78.4. The summed E-state index contributed by atoms with van der Waals surface area (Å²) in [6.07, 6.45) is 3.36. The number of imidazole rings is 1. The van der Waals surface area contributed by atoms with Gasteiger partial charge >= 0.3 is 11.9 Å². The highest BCUT2D eigenvalue weighted by atomic mass is 32.2. The van der Waals surface area contributed by atoms with Gasteiger partial charge < -0.3 is 42.6 Å². The van der Waals surface area contributed by atoms with Gasteiger partial charge in [0.1, 0.15) is 18.1 Å². The average molecular weight is 530 g/mol. The number of carboxylic acid groups (broad SMARTS) is 2. The Hall–Kier alpha value is -3.66. The van der Waals surface area contributed by atoms with Gasteiger partial charge in [-0.3, -0.25) is 24.0 Å². The highest BCUT2D eigenvalue weighted by Crippen LogP contribution is 2.06. The Balaban J connectivity index is 2.94. The molecule has 1 heterocycles. The maximum atomic E-state index is 12.9. The van der Waals surface area contributed by atoms with Gasteiger partial charge in [-0.1, -0.05) is 0 Å². The number of carboxylic acids is 2. The van der Waals surface area contributed by atoms with Crippen molar-refractivity contribution < 1.29 is 39.0 Å². The van der Waals surface area contributed by atoms with Crippen molar-refractivity contribution in [2.45, 2.75) is 56.3 Å². The zero-order valence-electron chi connectivity index (χ0n) is 19.6. The first-order valence-electron chi connectivity index (χ1n) is 10.8. The van der Waals surface area contributed by atoms with Crippen LogP contribution in [-0.2, 0) is 35.2 Å². The van der Waals surface area contributed by atoms with Gasteiger partial charge in [0, 0.05) is 24.7 Å². The normalized spacial score (nSPS) is 14.1. The van der Waals surface area contributed by atoms with Gasteiger partial charge in [0.25, 0.3) is 0 Å². The Morgan fingerprint density at radius 1 is 1.00 bits per heavy atom. The first-order valence-corrected chi connectivity index (χ1v) is 12.2. The van der Waals surface area contributed by atoms with E-state index in [4.69, 9.17) is 16.6 Å². The molecule has 0 aliphatic heterocycles. The van der Waals surface area contributed by atoms with E-state index in [2.05, 4.69) is 25.9 Å². The number of nitrogens with two attached hydrogens (primary N) is 2. The van der Waals surface area contributed by atoms with Crippen molar-refractivity contribution in [2.24, 2.45) is 11.5 Å². The highest BCUT2D eigenvalue weighted by Gasteiger charge is 2.31. The molecule has 0 aliphatic carbocycles. The summed E-state index contributed by atoms with van der Waals surface area (Å²) in [5.41, 5.74) is 11.3. The molecule has 200 valence electrons. The first kappa shape index (κ1) is 30.4. The second kappa shape index (κ2) is 15.4. The molecule has 4 atom stereocenters. The minimum Gasteiger partial charge on any atom is -0.481 e. The number of carbonyl (C=O) groups excluding carboxylic acids is 4. The Morgan fingerprint density at radius 2 is 1.61 bits per heavy atom. The molecule has 16 heteroatoms. The number of primary amides is 1. The third-order valence-electron chi connectivity index (χ3n) is 4.88. The lowest BCUT2D eigenvalue weighted by molar-refractivity contribution is -0.142. The molecule has 10 N–H and O–H groups in total. The molecule has 4 unspecified atom stereocenters. The van der Waals surface area contributed by atoms with Gasteiger partial charge in [-0.05, 0) is 24.9 Å². The van der Waals surface area contributed by atoms with Gasteiger partial charge in [0.15, 0.2) is 0 Å². The molecule has 0 saturated carbocycles. The largest absolute Gasteiger partial charge is 0.481 e. The van der Waals surface area contributed by atoms with E-state index in [-0.39, 0.29) is 25.7 Å². The predicted octanol–water partition coefficient (Wildman–Crippen LogP) is -2.69. The molecule has 0 radical (unpaired) electrons. The van der Waals surface area contributed by atoms with Crippen LogP contribution in [0.25, 0.3) is 0 Å². The van der Waals surface area contributed by atoms with Gasteiger partial charge in [0.2, 0.25) is 23.6 Å². The summed E-state index contributed by atoms with van der Waals surface area (Å²) >= 11 is 1.38. The Kier molecular flexibility index (Phi) is 13.0. The standard InChI is InChI=1S/C20H31N7O8S/c1-36-5-4-12(18(32)27-14(20(34)35)6-10-8-23-9-24-10)25-19(33)13(7-15(22)28)26-17(31)11(21)2-3-16(29)30/h8-9,11-14H,2-7,21H2,1H3,(H2,22,28)(H,23,24)(H,25,33)(H,26,31)(H,27,32)(H,29,30)(H,34,35). The van der Waals surface area contributed by atoms with Crippen LogP contribution in [0.1, 0.15) is 31.4 Å². The van der Waals surface area contributed by atoms with Crippen molar-refractivity contribution in [1.82, 2.24) is 25.9 Å². The first-order chi connectivity index (χ1) is 16.9. The zero-order chi connectivity index (χ0) is 27.3. The van der Waals surface area contributed by atoms with E-state index in [1.807, 2.05) is 0 Å². The van der Waals surface area contributed by atoms with Crippen LogP contribution in [-0.4, -0.2) is 91.9 Å². The third kappa shape index (κ3) is 11.2. The van der Waals surface area contributed by atoms with Crippen molar-refractivity contribution in [3.05, 3.63) is 18.2 Å². The van der Waals surface area contributed by atoms with Crippen molar-refractivity contribution >= 4 is 47.3 Å². The lowest BCUT2D eigenvalue weighted by Gasteiger charge is -2.24. The van der Waals surface area contributed by atoms with Crippen LogP contribution in [0.4, 0.5) is 0 Å². The molecule has 0 fully saturated rings. The van der Waals surface area contributed by atoms with Crippen molar-refractivity contribution in [3.8, 4) is 0 Å². The zero-order valence-corrected chi connectivity index (χ0v) is 20.4. The topological polar surface area (TPSA) is 260 Å². The third-order valence-corrected chi connectivity index (χ3v) is 5.53. The average Bonchev–Trinajstić information content (AvgIpc) is 3.31. The number of H-pyrrole nitrogens is 1. The Labute approximate surface area is 210 Å². The quantitative estimate of drug-likeness (QED) is 0.103. The summed E-state index contributed by atoms with van der Waals surface area (Å²) in [6.45, 7) is 0. The van der Waals surface area contributed by atoms with E-state index >= 15 is 0 Å². The number of aromatic nitrogens is 2. The summed E-state index contributed by atoms with van der Waals surface area (Å²) in [5.74, 6) is -5.57. The van der Waals surface area contributed by atoms with E-state index < -0.39 is 66.2 Å². The summed E-state index contributed by atoms with van der Waals surface area (Å²) < 4.78 is 0. The number of nitrogens with zero attached hydrogens (tertiary/aromatic N) is 1. The van der Waals surface area contributed by atoms with Gasteiger partial charge in [-0.2, -0.15) is 11.8 Å². The minimum atomic E-state index is -1.49. The van der Waals surface area contributed by atoms with Crippen LogP contribution in [0.3, 0.4) is 0 Å². The molecule has 15 nitrogen and oxygen atoms in total. The van der Waals surface area contributed by atoms with Crippen LogP contribution < -0.4 is 27.4 Å². The van der Waals surface area contributed by atoms with Gasteiger partial charge in [-0.25, -0.2) is 9.78 Å². The predicted molar refractivity (Wildman–Crippen MR) is 127 cm³/mol. The molecule has 1 aromatic heterocycles. The van der Waals surface area contributed by atoms with E-state index in [1.165, 1.54) is 24.3 Å². The van der Waals surface area contributed by atoms with Crippen LogP contribution in [0.2, 0.25) is 0 Å². The number of hydrogen-bond acceptors (Lipinski definition) is 9. The molecule has 0 aliphatic rings. The van der Waals surface area contributed by atoms with Gasteiger partial charge in [0.05, 0.1) is 18.8 Å². The van der Waals surface area contributed by atoms with Crippen LogP contribution in [0.5, 0.6) is 0 Å². The minimum absolute atomic E-state index is 0.0845. The maximum absolute atomic E-state index is 12.9. The number of hydrogen-bond donors (Lipinski definition) is 8. The molecular formula is C20H31N7O8S. The highest BCUT2D eigenvalue weighted by molar-refractivity contribution is 7.98. The number of aromatic amines is 1. The van der Waals surface area contributed by atoms with Crippen LogP contribution >= 0.6 is 11.8 Å². The number of thioether (sulfide) groups is 1. The fourth-order valence-corrected chi connectivity index (χ4v) is 3.44. The lowest BCUT2D eigenvalue weighted by Crippen LogP contribution is -2.58. The molecule has 0 saturated heterocycles. The molecule has 0 bridgehead atoms. The molecule has 1 rings (SSSR count). The lowest BCUT2D eigenvalue weighted by atomic mass is 10.1. The SMILES string of the molecule is CSCCC(NC(=O)C(CC(N)=O)NC(=O)C(N)CCC(=O)O)C(=O)NC(Cc1cnc[nH]1)C(=O)O. The number of amides is 4.